The smallest absolute Gasteiger partial charge is 0.255 e. The number of amides is 1. The molecule has 0 saturated heterocycles. The molecule has 0 aliphatic heterocycles. The van der Waals surface area contributed by atoms with Crippen molar-refractivity contribution in [3.8, 4) is 0 Å². The van der Waals surface area contributed by atoms with Crippen LogP contribution < -0.4 is 5.32 Å². The Balaban J connectivity index is 2.25. The summed E-state index contributed by atoms with van der Waals surface area (Å²) < 4.78 is 13.6. The summed E-state index contributed by atoms with van der Waals surface area (Å²) in [4.78, 5) is 16.0. The van der Waals surface area contributed by atoms with Crippen LogP contribution in [0.1, 0.15) is 16.1 Å². The Morgan fingerprint density at radius 1 is 1.37 bits per heavy atom. The number of rotatable bonds is 2. The molecule has 0 aliphatic rings. The third-order valence-corrected chi connectivity index (χ3v) is 3.45. The predicted octanol–water partition coefficient (Wildman–Crippen LogP) is 4.04. The van der Waals surface area contributed by atoms with Crippen molar-refractivity contribution in [3.63, 3.8) is 0 Å². The quantitative estimate of drug-likeness (QED) is 0.621. The van der Waals surface area contributed by atoms with E-state index in [4.69, 9.17) is 11.6 Å². The average molecular weight is 391 g/mol. The molecule has 0 saturated carbocycles. The first-order valence-corrected chi connectivity index (χ1v) is 6.82. The van der Waals surface area contributed by atoms with E-state index in [1.165, 1.54) is 24.3 Å². The molecule has 0 fully saturated rings. The summed E-state index contributed by atoms with van der Waals surface area (Å²) in [5.41, 5.74) is 1.63. The van der Waals surface area contributed by atoms with Crippen molar-refractivity contribution < 1.29 is 9.18 Å². The highest BCUT2D eigenvalue weighted by atomic mass is 127. The Bertz CT molecular complexity index is 628. The second kappa shape index (κ2) is 5.83. The van der Waals surface area contributed by atoms with E-state index in [1.807, 2.05) is 22.6 Å². The Kier molecular flexibility index (Phi) is 4.36. The van der Waals surface area contributed by atoms with E-state index in [0.717, 1.165) is 0 Å². The number of pyridine rings is 1. The second-order valence-corrected chi connectivity index (χ2v) is 5.45. The number of aryl methyl sites for hydroxylation is 1. The summed E-state index contributed by atoms with van der Waals surface area (Å²) in [5, 5.41) is 2.97. The Morgan fingerprint density at radius 3 is 2.74 bits per heavy atom. The molecule has 0 bridgehead atoms. The maximum Gasteiger partial charge on any atom is 0.255 e. The number of carbonyl (C=O) groups excluding carboxylic acids is 1. The molecule has 2 aromatic rings. The Morgan fingerprint density at radius 2 is 2.11 bits per heavy atom. The molecule has 1 aromatic carbocycles. The van der Waals surface area contributed by atoms with Gasteiger partial charge in [0.05, 0.1) is 5.69 Å². The highest BCUT2D eigenvalue weighted by molar-refractivity contribution is 14.1. The molecule has 2 rings (SSSR count). The number of benzene rings is 1. The maximum absolute atomic E-state index is 13.0. The van der Waals surface area contributed by atoms with Crippen LogP contribution in [0.3, 0.4) is 0 Å². The van der Waals surface area contributed by atoms with Crippen molar-refractivity contribution >= 4 is 45.8 Å². The summed E-state index contributed by atoms with van der Waals surface area (Å²) in [6.45, 7) is 1.75. The van der Waals surface area contributed by atoms with Gasteiger partial charge in [-0.2, -0.15) is 0 Å². The lowest BCUT2D eigenvalue weighted by Gasteiger charge is -2.08. The molecule has 6 heteroatoms. The van der Waals surface area contributed by atoms with E-state index >= 15 is 0 Å². The van der Waals surface area contributed by atoms with Crippen molar-refractivity contribution in [1.29, 1.82) is 0 Å². The fraction of sp³-hybridized carbons (Fsp3) is 0.0769. The van der Waals surface area contributed by atoms with E-state index in [0.29, 0.717) is 20.5 Å². The van der Waals surface area contributed by atoms with Gasteiger partial charge in [-0.3, -0.25) is 4.79 Å². The van der Waals surface area contributed by atoms with Crippen LogP contribution in [-0.4, -0.2) is 10.9 Å². The van der Waals surface area contributed by atoms with Gasteiger partial charge in [0.1, 0.15) is 11.0 Å². The van der Waals surface area contributed by atoms with Gasteiger partial charge in [0.15, 0.2) is 0 Å². The van der Waals surface area contributed by atoms with Crippen LogP contribution in [0.15, 0.2) is 30.3 Å². The third kappa shape index (κ3) is 3.63. The summed E-state index contributed by atoms with van der Waals surface area (Å²) in [6, 6.07) is 7.28. The fourth-order valence-corrected chi connectivity index (χ4v) is 2.41. The van der Waals surface area contributed by atoms with Gasteiger partial charge in [-0.15, -0.1) is 0 Å². The van der Waals surface area contributed by atoms with Crippen LogP contribution in [-0.2, 0) is 0 Å². The number of nitrogens with one attached hydrogen (secondary N) is 1. The summed E-state index contributed by atoms with van der Waals surface area (Å²) in [5.74, 6) is -0.651. The van der Waals surface area contributed by atoms with Gasteiger partial charge >= 0.3 is 0 Å². The van der Waals surface area contributed by atoms with Gasteiger partial charge in [0.2, 0.25) is 0 Å². The largest absolute Gasteiger partial charge is 0.321 e. The molecular weight excluding hydrogens is 382 g/mol. The molecule has 0 radical (unpaired) electrons. The normalized spacial score (nSPS) is 10.3. The van der Waals surface area contributed by atoms with Gasteiger partial charge in [-0.25, -0.2) is 9.37 Å². The zero-order chi connectivity index (χ0) is 14.0. The van der Waals surface area contributed by atoms with Gasteiger partial charge < -0.3 is 5.32 Å². The molecular formula is C13H9ClFIN2O. The molecule has 98 valence electrons. The molecule has 0 unspecified atom stereocenters. The number of carbonyl (C=O) groups is 1. The van der Waals surface area contributed by atoms with Crippen LogP contribution in [0.5, 0.6) is 0 Å². The number of halogens is 3. The number of nitrogens with zero attached hydrogens (tertiary/aromatic N) is 1. The third-order valence-electron chi connectivity index (χ3n) is 2.36. The number of aromatic nitrogens is 1. The molecule has 19 heavy (non-hydrogen) atoms. The van der Waals surface area contributed by atoms with Crippen molar-refractivity contribution in [2.45, 2.75) is 6.92 Å². The molecule has 1 N–H and O–H groups in total. The summed E-state index contributed by atoms with van der Waals surface area (Å²) in [6.07, 6.45) is 0. The highest BCUT2D eigenvalue weighted by Crippen LogP contribution is 2.20. The zero-order valence-electron chi connectivity index (χ0n) is 9.88. The Hall–Kier alpha value is -1.21. The highest BCUT2D eigenvalue weighted by Gasteiger charge is 2.10. The topological polar surface area (TPSA) is 42.0 Å². The van der Waals surface area contributed by atoms with E-state index < -0.39 is 0 Å². The lowest BCUT2D eigenvalue weighted by atomic mass is 10.2. The van der Waals surface area contributed by atoms with Gasteiger partial charge in [-0.05, 0) is 59.8 Å². The van der Waals surface area contributed by atoms with E-state index in [9.17, 15) is 9.18 Å². The first kappa shape index (κ1) is 14.2. The second-order valence-electron chi connectivity index (χ2n) is 3.90. The minimum Gasteiger partial charge on any atom is -0.321 e. The van der Waals surface area contributed by atoms with Gasteiger partial charge in [0.25, 0.3) is 5.91 Å². The van der Waals surface area contributed by atoms with Crippen LogP contribution in [0.4, 0.5) is 10.1 Å². The van der Waals surface area contributed by atoms with Crippen molar-refractivity contribution in [2.24, 2.45) is 0 Å². The first-order valence-electron chi connectivity index (χ1n) is 5.36. The molecule has 3 nitrogen and oxygen atoms in total. The molecule has 1 heterocycles. The average Bonchev–Trinajstić information content (AvgIpc) is 2.31. The predicted molar refractivity (Wildman–Crippen MR) is 81.1 cm³/mol. The molecule has 1 amide bonds. The van der Waals surface area contributed by atoms with Crippen LogP contribution in [0.25, 0.3) is 0 Å². The maximum atomic E-state index is 13.0. The van der Waals surface area contributed by atoms with Crippen LogP contribution >= 0.6 is 34.2 Å². The molecule has 0 aliphatic carbocycles. The number of hydrogen-bond donors (Lipinski definition) is 1. The molecule has 0 spiro atoms. The lowest BCUT2D eigenvalue weighted by Crippen LogP contribution is -2.13. The molecule has 0 atom stereocenters. The monoisotopic (exact) mass is 390 g/mol. The fourth-order valence-electron chi connectivity index (χ4n) is 1.54. The van der Waals surface area contributed by atoms with Gasteiger partial charge in [-0.1, -0.05) is 11.6 Å². The first-order chi connectivity index (χ1) is 8.95. The van der Waals surface area contributed by atoms with Gasteiger partial charge in [0, 0.05) is 14.8 Å². The van der Waals surface area contributed by atoms with Crippen molar-refractivity contribution in [2.75, 3.05) is 5.32 Å². The SMILES string of the molecule is Cc1cc(C(=O)Nc2ccc(F)cc2I)cc(Cl)n1. The standard InChI is InChI=1S/C13H9ClFIN2O/c1-7-4-8(5-12(14)17-7)13(19)18-11-3-2-9(15)6-10(11)16/h2-6H,1H3,(H,18,19). The van der Waals surface area contributed by atoms with Crippen molar-refractivity contribution in [1.82, 2.24) is 4.98 Å². The van der Waals surface area contributed by atoms with Crippen LogP contribution in [0.2, 0.25) is 5.15 Å². The van der Waals surface area contributed by atoms with Crippen LogP contribution in [0, 0.1) is 16.3 Å². The van der Waals surface area contributed by atoms with E-state index in [2.05, 4.69) is 10.3 Å². The zero-order valence-corrected chi connectivity index (χ0v) is 12.8. The summed E-state index contributed by atoms with van der Waals surface area (Å²) in [7, 11) is 0. The number of hydrogen-bond acceptors (Lipinski definition) is 2. The summed E-state index contributed by atoms with van der Waals surface area (Å²) >= 11 is 7.77. The van der Waals surface area contributed by atoms with E-state index in [-0.39, 0.29) is 16.9 Å². The van der Waals surface area contributed by atoms with E-state index in [1.54, 1.807) is 13.0 Å². The molecule has 1 aromatic heterocycles. The van der Waals surface area contributed by atoms with Crippen molar-refractivity contribution in [3.05, 3.63) is 56.1 Å². The minimum atomic E-state index is -0.342. The number of anilines is 1. The minimum absolute atomic E-state index is 0.263. The Labute approximate surface area is 128 Å². The lowest BCUT2D eigenvalue weighted by molar-refractivity contribution is 0.102.